The Morgan fingerprint density at radius 1 is 1.07 bits per heavy atom. The first kappa shape index (κ1) is 29.1. The first-order valence-electron chi connectivity index (χ1n) is 12.7. The van der Waals surface area contributed by atoms with Crippen molar-refractivity contribution < 1.29 is 27.9 Å². The van der Waals surface area contributed by atoms with Gasteiger partial charge in [0.15, 0.2) is 0 Å². The third-order valence-electron chi connectivity index (χ3n) is 6.56. The van der Waals surface area contributed by atoms with Crippen molar-refractivity contribution in [1.29, 1.82) is 0 Å². The molecule has 2 amide bonds. The maximum atomic E-state index is 13.4. The van der Waals surface area contributed by atoms with Crippen LogP contribution in [-0.4, -0.2) is 50.7 Å². The lowest BCUT2D eigenvalue weighted by atomic mass is 9.84. The maximum absolute atomic E-state index is 13.4. The second-order valence-electron chi connectivity index (χ2n) is 10.2. The molecule has 1 atom stereocenters. The predicted molar refractivity (Wildman–Crippen MR) is 146 cm³/mol. The van der Waals surface area contributed by atoms with E-state index < -0.39 is 41.3 Å². The van der Waals surface area contributed by atoms with Gasteiger partial charge in [-0.15, -0.1) is 10.2 Å². The number of ketones is 1. The molecule has 12 nitrogen and oxygen atoms in total. The Bertz CT molecular complexity index is 1660. The fraction of sp³-hybridized carbons (Fsp3) is 0.321. The van der Waals surface area contributed by atoms with E-state index in [1.54, 1.807) is 64.1 Å². The molecule has 2 aromatic carbocycles. The smallest absolute Gasteiger partial charge is 0.412 e. The fourth-order valence-electron chi connectivity index (χ4n) is 4.17. The molecule has 13 heteroatoms. The number of nitrogens with zero attached hydrogens (tertiary/aromatic N) is 4. The van der Waals surface area contributed by atoms with E-state index in [4.69, 9.17) is 4.42 Å². The summed E-state index contributed by atoms with van der Waals surface area (Å²) < 4.78 is 24.8. The zero-order valence-electron chi connectivity index (χ0n) is 23.1. The number of methoxy groups -OCH3 is 1. The minimum Gasteiger partial charge on any atom is -0.453 e. The van der Waals surface area contributed by atoms with E-state index in [-0.39, 0.29) is 29.3 Å². The number of carbonyl (C=O) groups is 3. The standard InChI is InChI=1S/C28H29FN6O6/c1-15(2)21(22(37)24-33-34-26(41-24)28(3,4)16-10-12-17(29)13-11-16)31-20(36)14-35-19-9-7-6-8-18(19)30-23(25(35)38)32-27(39)40-5/h6-13,15,21H,14H2,1-5H3,(H,31,36)(H,30,32,39). The van der Waals surface area contributed by atoms with Gasteiger partial charge in [-0.3, -0.25) is 24.3 Å². The Morgan fingerprint density at radius 2 is 1.76 bits per heavy atom. The number of benzene rings is 2. The molecule has 0 fully saturated rings. The lowest BCUT2D eigenvalue weighted by molar-refractivity contribution is -0.122. The van der Waals surface area contributed by atoms with Gasteiger partial charge >= 0.3 is 6.09 Å². The van der Waals surface area contributed by atoms with Gasteiger partial charge in [0.25, 0.3) is 11.4 Å². The monoisotopic (exact) mass is 564 g/mol. The fourth-order valence-corrected chi connectivity index (χ4v) is 4.17. The molecular formula is C28H29FN6O6. The quantitative estimate of drug-likeness (QED) is 0.290. The Hall–Kier alpha value is -4.94. The molecule has 2 heterocycles. The van der Waals surface area contributed by atoms with Crippen LogP contribution in [0.15, 0.2) is 57.7 Å². The van der Waals surface area contributed by atoms with Gasteiger partial charge in [0, 0.05) is 0 Å². The molecule has 0 bridgehead atoms. The number of para-hydroxylation sites is 2. The summed E-state index contributed by atoms with van der Waals surface area (Å²) in [5.74, 6) is -2.50. The van der Waals surface area contributed by atoms with E-state index in [9.17, 15) is 23.6 Å². The number of rotatable bonds is 9. The van der Waals surface area contributed by atoms with Crippen LogP contribution in [-0.2, 0) is 21.5 Å². The van der Waals surface area contributed by atoms with Crippen molar-refractivity contribution in [3.05, 3.63) is 82.0 Å². The molecule has 4 rings (SSSR count). The maximum Gasteiger partial charge on any atom is 0.412 e. The molecule has 0 aliphatic heterocycles. The van der Waals surface area contributed by atoms with Crippen LogP contribution in [0.2, 0.25) is 0 Å². The highest BCUT2D eigenvalue weighted by Crippen LogP contribution is 2.30. The molecule has 2 aromatic heterocycles. The molecule has 0 saturated carbocycles. The van der Waals surface area contributed by atoms with Crippen molar-refractivity contribution in [2.45, 2.75) is 45.7 Å². The largest absolute Gasteiger partial charge is 0.453 e. The highest BCUT2D eigenvalue weighted by molar-refractivity contribution is 5.98. The van der Waals surface area contributed by atoms with Crippen LogP contribution in [0, 0.1) is 11.7 Å². The van der Waals surface area contributed by atoms with E-state index >= 15 is 0 Å². The van der Waals surface area contributed by atoms with Crippen LogP contribution in [0.1, 0.15) is 49.8 Å². The zero-order valence-corrected chi connectivity index (χ0v) is 23.1. The lowest BCUT2D eigenvalue weighted by Gasteiger charge is -2.21. The van der Waals surface area contributed by atoms with Gasteiger partial charge in [0.1, 0.15) is 12.4 Å². The van der Waals surface area contributed by atoms with Gasteiger partial charge in [-0.25, -0.2) is 14.2 Å². The van der Waals surface area contributed by atoms with E-state index in [1.807, 2.05) is 0 Å². The number of fused-ring (bicyclic) bond motifs is 1. The highest BCUT2D eigenvalue weighted by atomic mass is 19.1. The van der Waals surface area contributed by atoms with Gasteiger partial charge < -0.3 is 14.5 Å². The average Bonchev–Trinajstić information content (AvgIpc) is 3.45. The summed E-state index contributed by atoms with van der Waals surface area (Å²) in [5.41, 5.74) is -0.160. The number of anilines is 1. The van der Waals surface area contributed by atoms with Gasteiger partial charge in [0.2, 0.25) is 23.4 Å². The van der Waals surface area contributed by atoms with Gasteiger partial charge in [-0.2, -0.15) is 0 Å². The van der Waals surface area contributed by atoms with Crippen molar-refractivity contribution in [2.24, 2.45) is 5.92 Å². The van der Waals surface area contributed by atoms with Gasteiger partial charge in [0.05, 0.1) is 29.6 Å². The molecule has 2 N–H and O–H groups in total. The number of aromatic nitrogens is 4. The third kappa shape index (κ3) is 6.13. The summed E-state index contributed by atoms with van der Waals surface area (Å²) >= 11 is 0. The first-order chi connectivity index (χ1) is 19.4. The van der Waals surface area contributed by atoms with Gasteiger partial charge in [-0.05, 0) is 49.6 Å². The Morgan fingerprint density at radius 3 is 2.41 bits per heavy atom. The normalized spacial score (nSPS) is 12.3. The Balaban J connectivity index is 1.58. The van der Waals surface area contributed by atoms with Crippen molar-refractivity contribution in [1.82, 2.24) is 25.1 Å². The molecule has 0 radical (unpaired) electrons. The number of amides is 2. The minimum absolute atomic E-state index is 0.140. The molecule has 214 valence electrons. The summed E-state index contributed by atoms with van der Waals surface area (Å²) in [6.45, 7) is 6.58. The zero-order chi connectivity index (χ0) is 29.9. The molecule has 4 aromatic rings. The SMILES string of the molecule is COC(=O)Nc1nc2ccccc2n(CC(=O)NC(C(=O)c2nnc(C(C)(C)c3ccc(F)cc3)o2)C(C)C)c1=O. The summed E-state index contributed by atoms with van der Waals surface area (Å²) in [6, 6.07) is 11.3. The van der Waals surface area contributed by atoms with E-state index in [1.165, 1.54) is 12.1 Å². The summed E-state index contributed by atoms with van der Waals surface area (Å²) in [5, 5.41) is 12.9. The third-order valence-corrected chi connectivity index (χ3v) is 6.56. The van der Waals surface area contributed by atoms with E-state index in [0.29, 0.717) is 16.6 Å². The van der Waals surface area contributed by atoms with Crippen LogP contribution in [0.25, 0.3) is 11.0 Å². The Kier molecular flexibility index (Phi) is 8.26. The number of carbonyl (C=O) groups excluding carboxylic acids is 3. The second-order valence-corrected chi connectivity index (χ2v) is 10.2. The Labute approximate surface area is 233 Å². The lowest BCUT2D eigenvalue weighted by Crippen LogP contribution is -2.46. The van der Waals surface area contributed by atoms with Crippen molar-refractivity contribution in [3.8, 4) is 0 Å². The van der Waals surface area contributed by atoms with Crippen molar-refractivity contribution in [3.63, 3.8) is 0 Å². The molecule has 0 aliphatic rings. The molecule has 41 heavy (non-hydrogen) atoms. The molecule has 0 saturated heterocycles. The van der Waals surface area contributed by atoms with Gasteiger partial charge in [-0.1, -0.05) is 38.1 Å². The number of ether oxygens (including phenoxy) is 1. The van der Waals surface area contributed by atoms with E-state index in [2.05, 4.69) is 30.6 Å². The van der Waals surface area contributed by atoms with Crippen LogP contribution < -0.4 is 16.2 Å². The number of nitrogens with one attached hydrogen (secondary N) is 2. The molecule has 0 spiro atoms. The second kappa shape index (κ2) is 11.7. The average molecular weight is 565 g/mol. The van der Waals surface area contributed by atoms with Crippen molar-refractivity contribution in [2.75, 3.05) is 12.4 Å². The highest BCUT2D eigenvalue weighted by Gasteiger charge is 2.34. The van der Waals surface area contributed by atoms with Crippen molar-refractivity contribution >= 4 is 34.6 Å². The van der Waals surface area contributed by atoms with Crippen LogP contribution >= 0.6 is 0 Å². The number of hydrogen-bond acceptors (Lipinski definition) is 9. The number of halogens is 1. The predicted octanol–water partition coefficient (Wildman–Crippen LogP) is 3.45. The summed E-state index contributed by atoms with van der Waals surface area (Å²) in [4.78, 5) is 55.5. The minimum atomic E-state index is -1.05. The van der Waals surface area contributed by atoms with Crippen LogP contribution in [0.3, 0.4) is 0 Å². The number of Topliss-reactive ketones (excluding diaryl/α,β-unsaturated/α-hetero) is 1. The summed E-state index contributed by atoms with van der Waals surface area (Å²) in [7, 11) is 1.14. The summed E-state index contributed by atoms with van der Waals surface area (Å²) in [6.07, 6.45) is -0.895. The van der Waals surface area contributed by atoms with Crippen LogP contribution in [0.4, 0.5) is 15.0 Å². The molecule has 0 aliphatic carbocycles. The van der Waals surface area contributed by atoms with E-state index in [0.717, 1.165) is 11.7 Å². The molecule has 1 unspecified atom stereocenters. The van der Waals surface area contributed by atoms with Crippen LogP contribution in [0.5, 0.6) is 0 Å². The first-order valence-corrected chi connectivity index (χ1v) is 12.7. The number of hydrogen-bond donors (Lipinski definition) is 2. The topological polar surface area (TPSA) is 158 Å². The molecular weight excluding hydrogens is 535 g/mol.